The number of rotatable bonds is 5. The first-order valence-electron chi connectivity index (χ1n) is 5.99. The lowest BCUT2D eigenvalue weighted by molar-refractivity contribution is -0.341. The fourth-order valence-electron chi connectivity index (χ4n) is 2.11. The van der Waals surface area contributed by atoms with E-state index in [0.717, 1.165) is 0 Å². The van der Waals surface area contributed by atoms with E-state index in [1.165, 1.54) is 0 Å². The van der Waals surface area contributed by atoms with Gasteiger partial charge in [0, 0.05) is 12.0 Å². The first-order chi connectivity index (χ1) is 8.60. The molecule has 2 unspecified atom stereocenters. The van der Waals surface area contributed by atoms with Gasteiger partial charge in [-0.25, -0.2) is 9.78 Å². The highest BCUT2D eigenvalue weighted by Crippen LogP contribution is 2.23. The zero-order chi connectivity index (χ0) is 13.1. The molecule has 0 bridgehead atoms. The summed E-state index contributed by atoms with van der Waals surface area (Å²) in [5, 5.41) is 18.6. The summed E-state index contributed by atoms with van der Waals surface area (Å²) in [6.07, 6.45) is -1.24. The minimum Gasteiger partial charge on any atom is -0.394 e. The summed E-state index contributed by atoms with van der Waals surface area (Å²) < 4.78 is 10.4. The van der Waals surface area contributed by atoms with Gasteiger partial charge in [0.1, 0.15) is 40.6 Å². The van der Waals surface area contributed by atoms with E-state index in [1.54, 1.807) is 0 Å². The molecule has 0 saturated carbocycles. The molecule has 6 atom stereocenters. The molecule has 2 saturated heterocycles. The third-order valence-electron chi connectivity index (χ3n) is 3.09. The molecule has 0 aromatic heterocycles. The van der Waals surface area contributed by atoms with Gasteiger partial charge in [-0.2, -0.15) is 0 Å². The topological polar surface area (TPSA) is 77.4 Å². The van der Waals surface area contributed by atoms with E-state index in [1.807, 2.05) is 0 Å². The lowest BCUT2D eigenvalue weighted by Crippen LogP contribution is -2.31. The van der Waals surface area contributed by atoms with Gasteiger partial charge >= 0.3 is 0 Å². The van der Waals surface area contributed by atoms with Gasteiger partial charge in [0.25, 0.3) is 0 Å². The lowest BCUT2D eigenvalue weighted by atomic mass is 9.96. The molecule has 0 aromatic carbocycles. The van der Waals surface area contributed by atoms with Crippen molar-refractivity contribution in [1.82, 2.24) is 0 Å². The second kappa shape index (κ2) is 6.36. The highest BCUT2D eigenvalue weighted by Gasteiger charge is 2.35. The quantitative estimate of drug-likeness (QED) is 0.343. The predicted molar refractivity (Wildman–Crippen MR) is 62.0 cm³/mol. The van der Waals surface area contributed by atoms with Gasteiger partial charge < -0.3 is 19.7 Å². The number of ether oxygens (including phenoxy) is 2. The van der Waals surface area contributed by atoms with Gasteiger partial charge in [-0.1, -0.05) is 0 Å². The van der Waals surface area contributed by atoms with E-state index in [4.69, 9.17) is 40.0 Å². The number of hydrogen-bond donors (Lipinski definition) is 2. The van der Waals surface area contributed by atoms with Crippen LogP contribution in [0.3, 0.4) is 0 Å². The zero-order valence-electron chi connectivity index (χ0n) is 9.97. The lowest BCUT2D eigenvalue weighted by Gasteiger charge is -2.18. The summed E-state index contributed by atoms with van der Waals surface area (Å²) in [7, 11) is 11.1. The molecule has 2 fully saturated rings. The number of aliphatic hydroxyl groups excluding tert-OH is 2. The van der Waals surface area contributed by atoms with Gasteiger partial charge in [-0.05, 0) is 12.8 Å². The van der Waals surface area contributed by atoms with Crippen LogP contribution in [0.1, 0.15) is 12.8 Å². The Balaban J connectivity index is 1.69. The Morgan fingerprint density at radius 3 is 2.39 bits per heavy atom. The zero-order valence-corrected chi connectivity index (χ0v) is 9.97. The van der Waals surface area contributed by atoms with Crippen molar-refractivity contribution in [3.05, 3.63) is 0 Å². The molecule has 18 heavy (non-hydrogen) atoms. The van der Waals surface area contributed by atoms with Crippen molar-refractivity contribution in [3.8, 4) is 0 Å². The average molecular weight is 254 g/mol. The second-order valence-corrected chi connectivity index (χ2v) is 4.57. The van der Waals surface area contributed by atoms with Gasteiger partial charge in [0.2, 0.25) is 0 Å². The summed E-state index contributed by atoms with van der Waals surface area (Å²) >= 11 is 0. The predicted octanol–water partition coefficient (Wildman–Crippen LogP) is -1.78. The van der Waals surface area contributed by atoms with Crippen LogP contribution in [0, 0.1) is 0 Å². The van der Waals surface area contributed by atoms with Crippen molar-refractivity contribution < 1.29 is 29.5 Å². The fraction of sp³-hybridized carbons (Fsp3) is 1.00. The molecule has 98 valence electrons. The number of aliphatic hydroxyl groups is 2. The maximum atomic E-state index is 9.57. The van der Waals surface area contributed by atoms with Crippen LogP contribution < -0.4 is 0 Å². The molecule has 0 spiro atoms. The molecule has 0 aliphatic carbocycles. The molecule has 6 nitrogen and oxygen atoms in total. The first kappa shape index (κ1) is 14.3. The van der Waals surface area contributed by atoms with Crippen LogP contribution in [0.25, 0.3) is 0 Å². The van der Waals surface area contributed by atoms with E-state index in [2.05, 4.69) is 0 Å². The fourth-order valence-corrected chi connectivity index (χ4v) is 2.11. The first-order valence-corrected chi connectivity index (χ1v) is 5.99. The van der Waals surface area contributed by atoms with Crippen molar-refractivity contribution >= 4 is 15.7 Å². The van der Waals surface area contributed by atoms with Crippen LogP contribution in [0.15, 0.2) is 0 Å². The Labute approximate surface area is 108 Å². The summed E-state index contributed by atoms with van der Waals surface area (Å²) in [6, 6.07) is -0.931. The SMILES string of the molecule is [B][C@H]1CC(O)[C@@H](COOC2C[C@H]([B])O[C@@H]2CO)O1. The van der Waals surface area contributed by atoms with E-state index in [-0.39, 0.29) is 13.2 Å². The molecule has 4 radical (unpaired) electrons. The Morgan fingerprint density at radius 1 is 1.11 bits per heavy atom. The third kappa shape index (κ3) is 3.46. The molecule has 0 amide bonds. The smallest absolute Gasteiger partial charge is 0.123 e. The second-order valence-electron chi connectivity index (χ2n) is 4.57. The van der Waals surface area contributed by atoms with Crippen LogP contribution in [0.5, 0.6) is 0 Å². The van der Waals surface area contributed by atoms with Crippen molar-refractivity contribution in [1.29, 1.82) is 0 Å². The molecule has 8 heteroatoms. The minimum absolute atomic E-state index is 0.0682. The third-order valence-corrected chi connectivity index (χ3v) is 3.09. The molecule has 2 aliphatic heterocycles. The summed E-state index contributed by atoms with van der Waals surface area (Å²) in [6.45, 7) is -0.117. The number of hydrogen-bond acceptors (Lipinski definition) is 6. The summed E-state index contributed by atoms with van der Waals surface area (Å²) in [5.74, 6) is 0. The van der Waals surface area contributed by atoms with Gasteiger partial charge in [-0.15, -0.1) is 0 Å². The molecule has 2 aliphatic rings. The van der Waals surface area contributed by atoms with E-state index < -0.39 is 36.4 Å². The standard InChI is InChI=1S/C10H16B2O6/c11-9-1-5(14)8(17-9)4-15-18-6-2-10(12)16-7(6)3-13/h5-10,13-14H,1-4H2/t5?,6?,7-,8-,9-,10-/m1/s1. The van der Waals surface area contributed by atoms with Gasteiger partial charge in [0.05, 0.1) is 12.7 Å². The Morgan fingerprint density at radius 2 is 1.78 bits per heavy atom. The van der Waals surface area contributed by atoms with Crippen LogP contribution in [0.4, 0.5) is 0 Å². The van der Waals surface area contributed by atoms with Crippen LogP contribution >= 0.6 is 0 Å². The highest BCUT2D eigenvalue weighted by atomic mass is 17.2. The molecule has 0 aromatic rings. The van der Waals surface area contributed by atoms with Crippen LogP contribution in [-0.4, -0.2) is 75.5 Å². The molecule has 2 rings (SSSR count). The van der Waals surface area contributed by atoms with Crippen LogP contribution in [-0.2, 0) is 19.2 Å². The largest absolute Gasteiger partial charge is 0.394 e. The average Bonchev–Trinajstić information content (AvgIpc) is 2.82. The Bertz CT molecular complexity index is 269. The van der Waals surface area contributed by atoms with Crippen molar-refractivity contribution in [2.75, 3.05) is 13.2 Å². The van der Waals surface area contributed by atoms with Crippen LogP contribution in [0.2, 0.25) is 0 Å². The van der Waals surface area contributed by atoms with Crippen molar-refractivity contribution in [2.45, 2.75) is 49.3 Å². The van der Waals surface area contributed by atoms with E-state index in [9.17, 15) is 5.11 Å². The Kier molecular flexibility index (Phi) is 5.06. The van der Waals surface area contributed by atoms with E-state index >= 15 is 0 Å². The van der Waals surface area contributed by atoms with Crippen molar-refractivity contribution in [3.63, 3.8) is 0 Å². The molecule has 2 heterocycles. The maximum absolute atomic E-state index is 9.57. The molecular formula is C10H16B2O6. The monoisotopic (exact) mass is 254 g/mol. The van der Waals surface area contributed by atoms with E-state index in [0.29, 0.717) is 12.8 Å². The summed E-state index contributed by atoms with van der Waals surface area (Å²) in [4.78, 5) is 10.1. The van der Waals surface area contributed by atoms with Crippen molar-refractivity contribution in [2.24, 2.45) is 0 Å². The normalized spacial score (nSPS) is 44.6. The maximum Gasteiger partial charge on any atom is 0.123 e. The molecule has 2 N–H and O–H groups in total. The minimum atomic E-state index is -0.653. The van der Waals surface area contributed by atoms with Gasteiger partial charge in [0.15, 0.2) is 0 Å². The Hall–Kier alpha value is -0.110. The van der Waals surface area contributed by atoms with Gasteiger partial charge in [-0.3, -0.25) is 0 Å². The highest BCUT2D eigenvalue weighted by molar-refractivity contribution is 6.11. The molecular weight excluding hydrogens is 238 g/mol. The summed E-state index contributed by atoms with van der Waals surface area (Å²) in [5.41, 5.74) is 0.